The topological polar surface area (TPSA) is 29.1 Å². The first-order valence-electron chi connectivity index (χ1n) is 3.48. The van der Waals surface area contributed by atoms with Crippen LogP contribution in [0.2, 0.25) is 0 Å². The van der Waals surface area contributed by atoms with Crippen molar-refractivity contribution in [3.05, 3.63) is 0 Å². The molecule has 0 bridgehead atoms. The summed E-state index contributed by atoms with van der Waals surface area (Å²) in [7, 11) is 0. The van der Waals surface area contributed by atoms with Gasteiger partial charge in [0.15, 0.2) is 0 Å². The number of hydrogen-bond donors (Lipinski definition) is 1. The first-order valence-corrected chi connectivity index (χ1v) is 3.48. The molecule has 0 radical (unpaired) electrons. The van der Waals surface area contributed by atoms with Crippen LogP contribution in [0, 0.1) is 5.92 Å². The van der Waals surface area contributed by atoms with E-state index in [1.807, 2.05) is 6.92 Å². The van der Waals surface area contributed by atoms with Crippen molar-refractivity contribution in [1.29, 1.82) is 0 Å². The number of rotatable bonds is 0. The van der Waals surface area contributed by atoms with Gasteiger partial charge in [0.1, 0.15) is 0 Å². The SMILES string of the molecule is CC1CC(=O)N[C@@H](C)C1. The summed E-state index contributed by atoms with van der Waals surface area (Å²) in [4.78, 5) is 10.8. The zero-order valence-corrected chi connectivity index (χ0v) is 5.98. The molecule has 1 fully saturated rings. The maximum absolute atomic E-state index is 10.8. The average Bonchev–Trinajstić information content (AvgIpc) is 1.59. The van der Waals surface area contributed by atoms with Gasteiger partial charge in [-0.3, -0.25) is 4.79 Å². The summed E-state index contributed by atoms with van der Waals surface area (Å²) in [5.41, 5.74) is 0. The molecule has 0 aromatic rings. The number of amides is 1. The van der Waals surface area contributed by atoms with E-state index in [4.69, 9.17) is 0 Å². The van der Waals surface area contributed by atoms with Crippen LogP contribution in [0.25, 0.3) is 0 Å². The largest absolute Gasteiger partial charge is 0.354 e. The van der Waals surface area contributed by atoms with Crippen molar-refractivity contribution in [3.63, 3.8) is 0 Å². The van der Waals surface area contributed by atoms with Gasteiger partial charge in [0, 0.05) is 12.5 Å². The molecule has 0 aliphatic carbocycles. The lowest BCUT2D eigenvalue weighted by Crippen LogP contribution is -2.39. The Kier molecular flexibility index (Phi) is 1.74. The Bertz CT molecular complexity index is 110. The Hall–Kier alpha value is -0.530. The molecule has 1 unspecified atom stereocenters. The molecule has 0 spiro atoms. The molecule has 1 aliphatic rings. The van der Waals surface area contributed by atoms with Crippen molar-refractivity contribution in [3.8, 4) is 0 Å². The predicted octanol–water partition coefficient (Wildman–Crippen LogP) is 0.921. The lowest BCUT2D eigenvalue weighted by molar-refractivity contribution is -0.124. The zero-order valence-electron chi connectivity index (χ0n) is 5.98. The van der Waals surface area contributed by atoms with E-state index in [1.54, 1.807) is 0 Å². The Balaban J connectivity index is 2.43. The van der Waals surface area contributed by atoms with Gasteiger partial charge in [-0.2, -0.15) is 0 Å². The number of carbonyl (C=O) groups is 1. The van der Waals surface area contributed by atoms with Crippen LogP contribution in [-0.4, -0.2) is 11.9 Å². The van der Waals surface area contributed by atoms with Crippen LogP contribution in [-0.2, 0) is 4.79 Å². The van der Waals surface area contributed by atoms with E-state index in [2.05, 4.69) is 12.2 Å². The van der Waals surface area contributed by atoms with Gasteiger partial charge >= 0.3 is 0 Å². The van der Waals surface area contributed by atoms with Gasteiger partial charge in [-0.25, -0.2) is 0 Å². The third-order valence-corrected chi connectivity index (χ3v) is 1.70. The lowest BCUT2D eigenvalue weighted by atomic mass is 9.95. The number of piperidine rings is 1. The summed E-state index contributed by atoms with van der Waals surface area (Å²) in [5.74, 6) is 0.787. The van der Waals surface area contributed by atoms with Gasteiger partial charge in [-0.05, 0) is 19.3 Å². The minimum atomic E-state index is 0.209. The molecular weight excluding hydrogens is 114 g/mol. The summed E-state index contributed by atoms with van der Waals surface area (Å²) >= 11 is 0. The molecule has 0 aromatic heterocycles. The summed E-state index contributed by atoms with van der Waals surface area (Å²) in [6.07, 6.45) is 1.84. The predicted molar refractivity (Wildman–Crippen MR) is 36.0 cm³/mol. The number of hydrogen-bond acceptors (Lipinski definition) is 1. The second-order valence-corrected chi connectivity index (χ2v) is 3.01. The molecule has 52 valence electrons. The molecular formula is C7H13NO. The Morgan fingerprint density at radius 3 is 2.67 bits per heavy atom. The van der Waals surface area contributed by atoms with Gasteiger partial charge in [-0.1, -0.05) is 6.92 Å². The summed E-state index contributed by atoms with van der Waals surface area (Å²) in [5, 5.41) is 2.87. The molecule has 2 atom stereocenters. The van der Waals surface area contributed by atoms with E-state index in [-0.39, 0.29) is 5.91 Å². The standard InChI is InChI=1S/C7H13NO/c1-5-3-6(2)8-7(9)4-5/h5-6H,3-4H2,1-2H3,(H,8,9)/t5?,6-/m0/s1. The minimum Gasteiger partial charge on any atom is -0.354 e. The van der Waals surface area contributed by atoms with E-state index in [9.17, 15) is 4.79 Å². The zero-order chi connectivity index (χ0) is 6.85. The summed E-state index contributed by atoms with van der Waals surface area (Å²) in [6.45, 7) is 4.17. The molecule has 1 heterocycles. The highest BCUT2D eigenvalue weighted by Crippen LogP contribution is 2.14. The fraction of sp³-hybridized carbons (Fsp3) is 0.857. The second-order valence-electron chi connectivity index (χ2n) is 3.01. The van der Waals surface area contributed by atoms with Crippen LogP contribution in [0.15, 0.2) is 0 Å². The number of nitrogens with one attached hydrogen (secondary N) is 1. The van der Waals surface area contributed by atoms with Crippen LogP contribution in [0.1, 0.15) is 26.7 Å². The van der Waals surface area contributed by atoms with Gasteiger partial charge < -0.3 is 5.32 Å². The fourth-order valence-electron chi connectivity index (χ4n) is 1.40. The van der Waals surface area contributed by atoms with Crippen molar-refractivity contribution >= 4 is 5.91 Å². The van der Waals surface area contributed by atoms with Crippen molar-refractivity contribution in [2.75, 3.05) is 0 Å². The molecule has 1 amide bonds. The highest BCUT2D eigenvalue weighted by Gasteiger charge is 2.19. The highest BCUT2D eigenvalue weighted by molar-refractivity contribution is 5.77. The first kappa shape index (κ1) is 6.59. The maximum Gasteiger partial charge on any atom is 0.220 e. The minimum absolute atomic E-state index is 0.209. The third kappa shape index (κ3) is 1.70. The van der Waals surface area contributed by atoms with Gasteiger partial charge in [-0.15, -0.1) is 0 Å². The van der Waals surface area contributed by atoms with Crippen molar-refractivity contribution in [2.45, 2.75) is 32.7 Å². The van der Waals surface area contributed by atoms with E-state index in [1.165, 1.54) is 0 Å². The van der Waals surface area contributed by atoms with E-state index < -0.39 is 0 Å². The van der Waals surface area contributed by atoms with Crippen LogP contribution >= 0.6 is 0 Å². The summed E-state index contributed by atoms with van der Waals surface area (Å²) in [6, 6.07) is 0.390. The Labute approximate surface area is 55.6 Å². The number of carbonyl (C=O) groups excluding carboxylic acids is 1. The average molecular weight is 127 g/mol. The van der Waals surface area contributed by atoms with Crippen molar-refractivity contribution in [2.24, 2.45) is 5.92 Å². The Morgan fingerprint density at radius 1 is 1.56 bits per heavy atom. The first-order chi connectivity index (χ1) is 4.18. The quantitative estimate of drug-likeness (QED) is 0.515. The third-order valence-electron chi connectivity index (χ3n) is 1.70. The van der Waals surface area contributed by atoms with Crippen molar-refractivity contribution < 1.29 is 4.79 Å². The Morgan fingerprint density at radius 2 is 2.22 bits per heavy atom. The van der Waals surface area contributed by atoms with Crippen molar-refractivity contribution in [1.82, 2.24) is 5.32 Å². The lowest BCUT2D eigenvalue weighted by Gasteiger charge is -2.24. The molecule has 2 heteroatoms. The van der Waals surface area contributed by atoms with E-state index in [0.717, 1.165) is 6.42 Å². The molecule has 2 nitrogen and oxygen atoms in total. The van der Waals surface area contributed by atoms with E-state index >= 15 is 0 Å². The fourth-order valence-corrected chi connectivity index (χ4v) is 1.40. The van der Waals surface area contributed by atoms with Gasteiger partial charge in [0.05, 0.1) is 0 Å². The molecule has 0 saturated carbocycles. The highest BCUT2D eigenvalue weighted by atomic mass is 16.1. The molecule has 1 aliphatic heterocycles. The van der Waals surface area contributed by atoms with Crippen LogP contribution in [0.4, 0.5) is 0 Å². The summed E-state index contributed by atoms with van der Waals surface area (Å²) < 4.78 is 0. The van der Waals surface area contributed by atoms with Crippen LogP contribution in [0.3, 0.4) is 0 Å². The van der Waals surface area contributed by atoms with Gasteiger partial charge in [0.25, 0.3) is 0 Å². The smallest absolute Gasteiger partial charge is 0.220 e. The molecule has 0 aromatic carbocycles. The molecule has 1 N–H and O–H groups in total. The normalized spacial score (nSPS) is 36.0. The monoisotopic (exact) mass is 127 g/mol. The van der Waals surface area contributed by atoms with Gasteiger partial charge in [0.2, 0.25) is 5.91 Å². The molecule has 1 rings (SSSR count). The molecule has 9 heavy (non-hydrogen) atoms. The maximum atomic E-state index is 10.8. The molecule has 1 saturated heterocycles. The van der Waals surface area contributed by atoms with Crippen LogP contribution in [0.5, 0.6) is 0 Å². The van der Waals surface area contributed by atoms with E-state index in [0.29, 0.717) is 18.4 Å². The second kappa shape index (κ2) is 2.38. The van der Waals surface area contributed by atoms with Crippen LogP contribution < -0.4 is 5.32 Å².